The number of ether oxygens (including phenoxy) is 1. The molecule has 3 rings (SSSR count). The molecule has 0 bridgehead atoms. The fourth-order valence-corrected chi connectivity index (χ4v) is 2.97. The van der Waals surface area contributed by atoms with Gasteiger partial charge in [0.25, 0.3) is 0 Å². The molecule has 2 N–H and O–H groups in total. The number of nitrogens with two attached hydrogens (primary N) is 1. The second-order valence-electron chi connectivity index (χ2n) is 4.97. The largest absolute Gasteiger partial charge is 0.497 e. The van der Waals surface area contributed by atoms with Gasteiger partial charge in [-0.3, -0.25) is 0 Å². The van der Waals surface area contributed by atoms with E-state index in [0.717, 1.165) is 38.0 Å². The number of fused-ring (bicyclic) bond motifs is 1. The van der Waals surface area contributed by atoms with E-state index in [9.17, 15) is 0 Å². The molecule has 0 spiro atoms. The first-order chi connectivity index (χ1) is 8.36. The number of rotatable bonds is 2. The molecular weight excluding hydrogens is 210 g/mol. The molecule has 2 nitrogen and oxygen atoms in total. The van der Waals surface area contributed by atoms with Gasteiger partial charge < -0.3 is 10.5 Å². The molecule has 90 valence electrons. The minimum atomic E-state index is 0.0407. The fourth-order valence-electron chi connectivity index (χ4n) is 2.97. The molecule has 1 heterocycles. The second-order valence-corrected chi connectivity index (χ2v) is 4.97. The molecular formula is C15H19NO. The summed E-state index contributed by atoms with van der Waals surface area (Å²) in [4.78, 5) is 0. The van der Waals surface area contributed by atoms with E-state index in [1.807, 2.05) is 0 Å². The van der Waals surface area contributed by atoms with Gasteiger partial charge in [0, 0.05) is 5.92 Å². The van der Waals surface area contributed by atoms with Crippen LogP contribution in [0.25, 0.3) is 0 Å². The lowest BCUT2D eigenvalue weighted by atomic mass is 9.91. The molecule has 0 amide bonds. The lowest BCUT2D eigenvalue weighted by molar-refractivity contribution is 0.169. The Labute approximate surface area is 102 Å². The van der Waals surface area contributed by atoms with Crippen LogP contribution in [-0.4, -0.2) is 12.6 Å². The van der Waals surface area contributed by atoms with Crippen molar-refractivity contribution in [2.45, 2.75) is 37.6 Å². The molecule has 0 saturated heterocycles. The minimum Gasteiger partial charge on any atom is -0.497 e. The molecule has 1 aromatic rings. The van der Waals surface area contributed by atoms with E-state index in [0.29, 0.717) is 5.92 Å². The number of hydrogen-bond donors (Lipinski definition) is 1. The Balaban J connectivity index is 1.84. The van der Waals surface area contributed by atoms with Crippen LogP contribution in [0.4, 0.5) is 0 Å². The maximum Gasteiger partial charge on any atom is 0.109 e. The van der Waals surface area contributed by atoms with E-state index < -0.39 is 0 Å². The van der Waals surface area contributed by atoms with Crippen molar-refractivity contribution in [3.05, 3.63) is 47.2 Å². The number of aryl methyl sites for hydroxylation is 1. The van der Waals surface area contributed by atoms with E-state index in [4.69, 9.17) is 10.5 Å². The van der Waals surface area contributed by atoms with Gasteiger partial charge in [-0.25, -0.2) is 0 Å². The summed E-state index contributed by atoms with van der Waals surface area (Å²) in [6, 6.07) is 8.70. The minimum absolute atomic E-state index is 0.0407. The smallest absolute Gasteiger partial charge is 0.109 e. The van der Waals surface area contributed by atoms with E-state index in [1.54, 1.807) is 0 Å². The van der Waals surface area contributed by atoms with Crippen molar-refractivity contribution in [1.29, 1.82) is 0 Å². The molecule has 0 aromatic heterocycles. The topological polar surface area (TPSA) is 35.2 Å². The molecule has 0 fully saturated rings. The second kappa shape index (κ2) is 4.53. The summed E-state index contributed by atoms with van der Waals surface area (Å²) in [7, 11) is 0. The Morgan fingerprint density at radius 2 is 2.18 bits per heavy atom. The third-order valence-electron chi connectivity index (χ3n) is 3.90. The van der Waals surface area contributed by atoms with Crippen molar-refractivity contribution in [3.63, 3.8) is 0 Å². The average molecular weight is 229 g/mol. The first-order valence-electron chi connectivity index (χ1n) is 6.52. The van der Waals surface area contributed by atoms with Crippen molar-refractivity contribution in [3.8, 4) is 0 Å². The van der Waals surface area contributed by atoms with E-state index in [-0.39, 0.29) is 6.04 Å². The molecule has 2 unspecified atom stereocenters. The zero-order chi connectivity index (χ0) is 11.7. The van der Waals surface area contributed by atoms with Crippen molar-refractivity contribution in [2.24, 2.45) is 5.73 Å². The summed E-state index contributed by atoms with van der Waals surface area (Å²) in [6.45, 7) is 0.827. The van der Waals surface area contributed by atoms with Crippen molar-refractivity contribution in [1.82, 2.24) is 0 Å². The molecule has 1 aliphatic heterocycles. The van der Waals surface area contributed by atoms with Gasteiger partial charge >= 0.3 is 0 Å². The summed E-state index contributed by atoms with van der Waals surface area (Å²) in [6.07, 6.45) is 6.72. The predicted octanol–water partition coefficient (Wildman–Crippen LogP) is 2.74. The first-order valence-corrected chi connectivity index (χ1v) is 6.52. The van der Waals surface area contributed by atoms with Gasteiger partial charge in [0.15, 0.2) is 0 Å². The SMILES string of the molecule is NC(C1=CCCCO1)C1CCc2ccccc21. The van der Waals surface area contributed by atoms with Gasteiger partial charge in [-0.2, -0.15) is 0 Å². The van der Waals surface area contributed by atoms with E-state index in [1.165, 1.54) is 11.1 Å². The Morgan fingerprint density at radius 1 is 1.29 bits per heavy atom. The van der Waals surface area contributed by atoms with Crippen LogP contribution in [0.1, 0.15) is 36.3 Å². The zero-order valence-corrected chi connectivity index (χ0v) is 10.1. The quantitative estimate of drug-likeness (QED) is 0.846. The van der Waals surface area contributed by atoms with Crippen LogP contribution >= 0.6 is 0 Å². The van der Waals surface area contributed by atoms with Crippen LogP contribution < -0.4 is 5.73 Å². The van der Waals surface area contributed by atoms with Gasteiger partial charge in [-0.1, -0.05) is 24.3 Å². The summed E-state index contributed by atoms with van der Waals surface area (Å²) in [5, 5.41) is 0. The predicted molar refractivity (Wildman–Crippen MR) is 68.7 cm³/mol. The van der Waals surface area contributed by atoms with Crippen LogP contribution in [0, 0.1) is 0 Å². The molecule has 2 aliphatic rings. The molecule has 17 heavy (non-hydrogen) atoms. The Kier molecular flexibility index (Phi) is 2.89. The number of allylic oxidation sites excluding steroid dienone is 1. The van der Waals surface area contributed by atoms with Crippen LogP contribution in [0.3, 0.4) is 0 Å². The maximum absolute atomic E-state index is 6.38. The number of hydrogen-bond acceptors (Lipinski definition) is 2. The van der Waals surface area contributed by atoms with Gasteiger partial charge in [0.05, 0.1) is 12.6 Å². The highest BCUT2D eigenvalue weighted by Gasteiger charge is 2.30. The van der Waals surface area contributed by atoms with E-state index in [2.05, 4.69) is 30.3 Å². The summed E-state index contributed by atoms with van der Waals surface area (Å²) < 4.78 is 5.70. The Morgan fingerprint density at radius 3 is 3.00 bits per heavy atom. The lowest BCUT2D eigenvalue weighted by Crippen LogP contribution is -2.31. The third kappa shape index (κ3) is 1.98. The van der Waals surface area contributed by atoms with Gasteiger partial charge in [-0.15, -0.1) is 0 Å². The molecule has 0 saturated carbocycles. The van der Waals surface area contributed by atoms with Crippen molar-refractivity contribution in [2.75, 3.05) is 6.61 Å². The molecule has 0 radical (unpaired) electrons. The van der Waals surface area contributed by atoms with Gasteiger partial charge in [-0.05, 0) is 42.9 Å². The van der Waals surface area contributed by atoms with Crippen molar-refractivity contribution >= 4 is 0 Å². The van der Waals surface area contributed by atoms with Crippen LogP contribution in [0.15, 0.2) is 36.1 Å². The molecule has 2 atom stereocenters. The summed E-state index contributed by atoms with van der Waals surface area (Å²) in [5.41, 5.74) is 9.26. The molecule has 1 aliphatic carbocycles. The fraction of sp³-hybridized carbons (Fsp3) is 0.467. The Hall–Kier alpha value is -1.28. The molecule has 1 aromatic carbocycles. The normalized spacial score (nSPS) is 24.8. The monoisotopic (exact) mass is 229 g/mol. The number of benzene rings is 1. The average Bonchev–Trinajstić information content (AvgIpc) is 2.83. The van der Waals surface area contributed by atoms with Crippen LogP contribution in [0.2, 0.25) is 0 Å². The lowest BCUT2D eigenvalue weighted by Gasteiger charge is -2.25. The highest BCUT2D eigenvalue weighted by Crippen LogP contribution is 2.37. The maximum atomic E-state index is 6.38. The van der Waals surface area contributed by atoms with E-state index >= 15 is 0 Å². The highest BCUT2D eigenvalue weighted by atomic mass is 16.5. The van der Waals surface area contributed by atoms with Crippen LogP contribution in [-0.2, 0) is 11.2 Å². The zero-order valence-electron chi connectivity index (χ0n) is 10.1. The summed E-state index contributed by atoms with van der Waals surface area (Å²) >= 11 is 0. The first kappa shape index (κ1) is 10.8. The van der Waals surface area contributed by atoms with Gasteiger partial charge in [0.2, 0.25) is 0 Å². The molecule has 2 heteroatoms. The Bertz CT molecular complexity index is 438. The van der Waals surface area contributed by atoms with Crippen LogP contribution in [0.5, 0.6) is 0 Å². The summed E-state index contributed by atoms with van der Waals surface area (Å²) in [5.74, 6) is 1.45. The highest BCUT2D eigenvalue weighted by molar-refractivity contribution is 5.37. The van der Waals surface area contributed by atoms with Crippen molar-refractivity contribution < 1.29 is 4.74 Å². The third-order valence-corrected chi connectivity index (χ3v) is 3.90. The van der Waals surface area contributed by atoms with Gasteiger partial charge in [0.1, 0.15) is 5.76 Å². The standard InChI is InChI=1S/C15H19NO/c16-15(14-7-3-4-10-17-14)13-9-8-11-5-1-2-6-12(11)13/h1-2,5-7,13,15H,3-4,8-10,16H2.